The van der Waals surface area contributed by atoms with Crippen LogP contribution in [0.3, 0.4) is 0 Å². The predicted molar refractivity (Wildman–Crippen MR) is 169 cm³/mol. The molecule has 0 bridgehead atoms. The second-order valence-corrected chi connectivity index (χ2v) is 14.5. The van der Waals surface area contributed by atoms with Gasteiger partial charge in [0.1, 0.15) is 24.8 Å². The third-order valence-corrected chi connectivity index (χ3v) is 9.51. The van der Waals surface area contributed by atoms with E-state index < -0.39 is 18.9 Å². The molecule has 1 atom stereocenters. The van der Waals surface area contributed by atoms with Crippen LogP contribution in [0.1, 0.15) is 39.7 Å². The van der Waals surface area contributed by atoms with Crippen LogP contribution < -0.4 is 0 Å². The standard InChI is InChI=1S/C31H51N4O8P/c1-5-42-44(40,24-11-29(38)41-26-28-9-7-6-8-10-28)27-35-18-15-33(21-23-37)13-12-32(20-22-36)14-16-34(17-19-35)25-30(39)43-31(2,3)4/h6-10,22-23H,5,11-21,24-27H2,1-4H3. The van der Waals surface area contributed by atoms with Crippen LogP contribution in [-0.2, 0) is 44.3 Å². The van der Waals surface area contributed by atoms with E-state index in [9.17, 15) is 23.7 Å². The molecule has 1 aliphatic rings. The Hall–Kier alpha value is -2.47. The molecule has 2 rings (SSSR count). The Morgan fingerprint density at radius 2 is 1.34 bits per heavy atom. The molecule has 1 saturated heterocycles. The maximum atomic E-state index is 14.0. The van der Waals surface area contributed by atoms with Crippen molar-refractivity contribution in [2.45, 2.75) is 46.3 Å². The van der Waals surface area contributed by atoms with E-state index in [1.54, 1.807) is 6.92 Å². The van der Waals surface area contributed by atoms with Crippen LogP contribution in [0.5, 0.6) is 0 Å². The summed E-state index contributed by atoms with van der Waals surface area (Å²) < 4.78 is 30.7. The molecule has 1 unspecified atom stereocenters. The lowest BCUT2D eigenvalue weighted by molar-refractivity contribution is -0.156. The summed E-state index contributed by atoms with van der Waals surface area (Å²) in [6, 6.07) is 9.37. The number of carbonyl (C=O) groups excluding carboxylic acids is 4. The van der Waals surface area contributed by atoms with Gasteiger partial charge in [-0.25, -0.2) is 0 Å². The van der Waals surface area contributed by atoms with E-state index in [1.165, 1.54) is 0 Å². The first-order chi connectivity index (χ1) is 20.9. The van der Waals surface area contributed by atoms with Crippen LogP contribution in [-0.4, -0.2) is 141 Å². The fraction of sp³-hybridized carbons (Fsp3) is 0.677. The molecular formula is C31H51N4O8P. The minimum atomic E-state index is -3.26. The molecule has 1 heterocycles. The quantitative estimate of drug-likeness (QED) is 0.159. The van der Waals surface area contributed by atoms with Crippen molar-refractivity contribution in [2.24, 2.45) is 0 Å². The number of carbonyl (C=O) groups is 4. The lowest BCUT2D eigenvalue weighted by Crippen LogP contribution is -2.48. The lowest BCUT2D eigenvalue weighted by atomic mass is 10.2. The molecule has 12 nitrogen and oxygen atoms in total. The van der Waals surface area contributed by atoms with Crippen molar-refractivity contribution in [3.05, 3.63) is 35.9 Å². The molecule has 0 aliphatic carbocycles. The van der Waals surface area contributed by atoms with Crippen LogP contribution in [0.2, 0.25) is 0 Å². The SMILES string of the molecule is CCOP(=O)(CCC(=O)OCc1ccccc1)CN1CCN(CC=O)CCN(CC=O)CCN(CC(=O)OC(C)(C)C)CC1. The number of nitrogens with zero attached hydrogens (tertiary/aromatic N) is 4. The Labute approximate surface area is 262 Å². The molecule has 0 spiro atoms. The van der Waals surface area contributed by atoms with Crippen LogP contribution in [0.25, 0.3) is 0 Å². The molecule has 1 aromatic rings. The summed E-state index contributed by atoms with van der Waals surface area (Å²) in [7, 11) is -3.26. The Bertz CT molecular complexity index is 1070. The summed E-state index contributed by atoms with van der Waals surface area (Å²) in [5.74, 6) is -0.785. The maximum Gasteiger partial charge on any atom is 0.320 e. The number of ether oxygens (including phenoxy) is 2. The number of rotatable bonds is 15. The second kappa shape index (κ2) is 19.8. The van der Waals surface area contributed by atoms with Crippen LogP contribution in [0, 0.1) is 0 Å². The summed E-state index contributed by atoms with van der Waals surface area (Å²) in [6.45, 7) is 12.4. The summed E-state index contributed by atoms with van der Waals surface area (Å²) in [5, 5.41) is 0. The van der Waals surface area contributed by atoms with Crippen LogP contribution in [0.15, 0.2) is 30.3 Å². The van der Waals surface area contributed by atoms with Gasteiger partial charge in [0.05, 0.1) is 38.9 Å². The predicted octanol–water partition coefficient (Wildman–Crippen LogP) is 2.35. The molecule has 248 valence electrons. The number of aldehydes is 2. The molecule has 0 N–H and O–H groups in total. The molecular weight excluding hydrogens is 587 g/mol. The molecule has 0 saturated carbocycles. The van der Waals surface area contributed by atoms with Crippen molar-refractivity contribution in [1.29, 1.82) is 0 Å². The average molecular weight is 639 g/mol. The Morgan fingerprint density at radius 3 is 1.84 bits per heavy atom. The second-order valence-electron chi connectivity index (χ2n) is 11.9. The van der Waals surface area contributed by atoms with Gasteiger partial charge in [-0.2, -0.15) is 0 Å². The minimum absolute atomic E-state index is 0.0352. The van der Waals surface area contributed by atoms with E-state index in [0.717, 1.165) is 18.1 Å². The zero-order valence-corrected chi connectivity index (χ0v) is 27.8. The number of hydrogen-bond donors (Lipinski definition) is 0. The third-order valence-electron chi connectivity index (χ3n) is 7.05. The highest BCUT2D eigenvalue weighted by molar-refractivity contribution is 7.58. The first-order valence-electron chi connectivity index (χ1n) is 15.4. The maximum absolute atomic E-state index is 14.0. The summed E-state index contributed by atoms with van der Waals surface area (Å²) in [6.07, 6.45) is 1.85. The van der Waals surface area contributed by atoms with Gasteiger partial charge in [0.15, 0.2) is 0 Å². The molecule has 1 aromatic carbocycles. The smallest absolute Gasteiger partial charge is 0.320 e. The highest BCUT2D eigenvalue weighted by Crippen LogP contribution is 2.48. The number of hydrogen-bond acceptors (Lipinski definition) is 12. The largest absolute Gasteiger partial charge is 0.461 e. The topological polar surface area (TPSA) is 126 Å². The van der Waals surface area contributed by atoms with Gasteiger partial charge < -0.3 is 23.6 Å². The van der Waals surface area contributed by atoms with Crippen molar-refractivity contribution in [2.75, 3.05) is 91.0 Å². The van der Waals surface area contributed by atoms with Gasteiger partial charge in [-0.1, -0.05) is 30.3 Å². The Kier molecular flexibility index (Phi) is 17.0. The fourth-order valence-corrected chi connectivity index (χ4v) is 7.04. The zero-order chi connectivity index (χ0) is 32.4. The van der Waals surface area contributed by atoms with E-state index in [1.807, 2.05) is 70.7 Å². The van der Waals surface area contributed by atoms with Gasteiger partial charge in [0.25, 0.3) is 0 Å². The van der Waals surface area contributed by atoms with Crippen molar-refractivity contribution < 1.29 is 37.7 Å². The Morgan fingerprint density at radius 1 is 0.818 bits per heavy atom. The van der Waals surface area contributed by atoms with E-state index in [2.05, 4.69) is 0 Å². The van der Waals surface area contributed by atoms with Crippen LogP contribution >= 0.6 is 7.37 Å². The number of benzene rings is 1. The highest BCUT2D eigenvalue weighted by Gasteiger charge is 2.29. The first kappa shape index (κ1) is 37.7. The first-order valence-corrected chi connectivity index (χ1v) is 17.4. The fourth-order valence-electron chi connectivity index (χ4n) is 4.80. The van der Waals surface area contributed by atoms with Gasteiger partial charge in [-0.3, -0.25) is 33.8 Å². The van der Waals surface area contributed by atoms with Gasteiger partial charge in [0.2, 0.25) is 7.37 Å². The normalized spacial score (nSPS) is 18.4. The average Bonchev–Trinajstić information content (AvgIpc) is 2.96. The van der Waals surface area contributed by atoms with Crippen molar-refractivity contribution in [1.82, 2.24) is 19.6 Å². The summed E-state index contributed by atoms with van der Waals surface area (Å²) in [4.78, 5) is 56.0. The Balaban J connectivity index is 2.15. The summed E-state index contributed by atoms with van der Waals surface area (Å²) >= 11 is 0. The van der Waals surface area contributed by atoms with Gasteiger partial charge in [-0.15, -0.1) is 0 Å². The van der Waals surface area contributed by atoms with Crippen molar-refractivity contribution in [3.63, 3.8) is 0 Å². The van der Waals surface area contributed by atoms with Gasteiger partial charge >= 0.3 is 11.9 Å². The van der Waals surface area contributed by atoms with Crippen molar-refractivity contribution >= 4 is 31.9 Å². The van der Waals surface area contributed by atoms with E-state index in [-0.39, 0.29) is 57.7 Å². The molecule has 44 heavy (non-hydrogen) atoms. The third kappa shape index (κ3) is 16.0. The molecule has 1 fully saturated rings. The molecule has 13 heteroatoms. The molecule has 0 radical (unpaired) electrons. The number of esters is 2. The molecule has 0 amide bonds. The van der Waals surface area contributed by atoms with Gasteiger partial charge in [0, 0.05) is 58.5 Å². The van der Waals surface area contributed by atoms with Crippen LogP contribution in [0.4, 0.5) is 0 Å². The monoisotopic (exact) mass is 638 g/mol. The van der Waals surface area contributed by atoms with E-state index in [4.69, 9.17) is 14.0 Å². The van der Waals surface area contributed by atoms with E-state index >= 15 is 0 Å². The molecule has 0 aromatic heterocycles. The summed E-state index contributed by atoms with van der Waals surface area (Å²) in [5.41, 5.74) is 0.256. The lowest BCUT2D eigenvalue weighted by Gasteiger charge is -2.34. The minimum Gasteiger partial charge on any atom is -0.461 e. The zero-order valence-electron chi connectivity index (χ0n) is 26.9. The highest BCUT2D eigenvalue weighted by atomic mass is 31.2. The van der Waals surface area contributed by atoms with Gasteiger partial charge in [-0.05, 0) is 33.3 Å². The van der Waals surface area contributed by atoms with Crippen molar-refractivity contribution in [3.8, 4) is 0 Å². The molecule has 1 aliphatic heterocycles. The van der Waals surface area contributed by atoms with E-state index in [0.29, 0.717) is 52.4 Å².